The summed E-state index contributed by atoms with van der Waals surface area (Å²) in [5, 5.41) is 2.14. The zero-order chi connectivity index (χ0) is 22.7. The molecule has 0 amide bonds. The van der Waals surface area contributed by atoms with Crippen molar-refractivity contribution in [2.45, 2.75) is 69.2 Å². The maximum Gasteiger partial charge on any atom is 0.145 e. The molecule has 0 radical (unpaired) electrons. The van der Waals surface area contributed by atoms with E-state index in [0.717, 1.165) is 27.8 Å². The lowest BCUT2D eigenvalue weighted by molar-refractivity contribution is 1.03. The van der Waals surface area contributed by atoms with Crippen molar-refractivity contribution in [2.24, 2.45) is 0 Å². The summed E-state index contributed by atoms with van der Waals surface area (Å²) in [4.78, 5) is 4.82. The summed E-state index contributed by atoms with van der Waals surface area (Å²) in [6, 6.07) is 20.7. The molecule has 0 bridgehead atoms. The molecule has 0 saturated heterocycles. The van der Waals surface area contributed by atoms with Crippen LogP contribution in [0.1, 0.15) is 69.2 Å². The van der Waals surface area contributed by atoms with E-state index in [1.807, 2.05) is 86.6 Å². The number of hydrogen-bond acceptors (Lipinski definition) is 1. The molecule has 0 spiro atoms. The average Bonchev–Trinajstić information content (AvgIpc) is 3.24. The Labute approximate surface area is 179 Å². The van der Waals surface area contributed by atoms with Crippen LogP contribution in [0.4, 0.5) is 0 Å². The first kappa shape index (κ1) is 28.6. The summed E-state index contributed by atoms with van der Waals surface area (Å²) < 4.78 is 2.21. The summed E-state index contributed by atoms with van der Waals surface area (Å²) in [7, 11) is 0. The number of hydrogen-bond donors (Lipinski definition) is 0. The molecule has 1 heterocycles. The van der Waals surface area contributed by atoms with Gasteiger partial charge in [-0.15, -0.1) is 0 Å². The predicted molar refractivity (Wildman–Crippen MR) is 134 cm³/mol. The third kappa shape index (κ3) is 8.11. The van der Waals surface area contributed by atoms with Gasteiger partial charge < -0.3 is 0 Å². The zero-order valence-corrected chi connectivity index (χ0v) is 20.3. The molecular formula is C27H42N2. The van der Waals surface area contributed by atoms with E-state index in [0.29, 0.717) is 0 Å². The Kier molecular flexibility index (Phi) is 18.5. The van der Waals surface area contributed by atoms with Crippen molar-refractivity contribution in [2.75, 3.05) is 0 Å². The van der Waals surface area contributed by atoms with Crippen LogP contribution in [0.5, 0.6) is 0 Å². The summed E-state index contributed by atoms with van der Waals surface area (Å²) in [5.74, 6) is 0.975. The van der Waals surface area contributed by atoms with Crippen LogP contribution in [-0.4, -0.2) is 9.55 Å². The first-order valence-corrected chi connectivity index (χ1v) is 11.2. The van der Waals surface area contributed by atoms with Gasteiger partial charge in [0.25, 0.3) is 0 Å². The molecule has 0 atom stereocenters. The minimum absolute atomic E-state index is 0.975. The molecule has 2 nitrogen and oxygen atoms in total. The maximum atomic E-state index is 4.82. The second kappa shape index (κ2) is 18.7. The molecule has 160 valence electrons. The molecule has 0 fully saturated rings. The molecule has 29 heavy (non-hydrogen) atoms. The lowest BCUT2D eigenvalue weighted by Gasteiger charge is -2.08. The smallest absolute Gasteiger partial charge is 0.145 e. The van der Waals surface area contributed by atoms with Crippen molar-refractivity contribution >= 4 is 12.2 Å². The summed E-state index contributed by atoms with van der Waals surface area (Å²) >= 11 is 0. The van der Waals surface area contributed by atoms with Crippen LogP contribution in [0.15, 0.2) is 60.7 Å². The SMILES string of the molecule is C/C=c1/nc(-c2ccccc2)n(-c2ccccc2)/c1=C/C.CC.CC.CC.CC. The Morgan fingerprint density at radius 1 is 0.621 bits per heavy atom. The molecule has 0 aliphatic rings. The topological polar surface area (TPSA) is 17.8 Å². The second-order valence-corrected chi connectivity index (χ2v) is 4.82. The van der Waals surface area contributed by atoms with Gasteiger partial charge in [0.2, 0.25) is 0 Å². The molecule has 0 unspecified atom stereocenters. The fraction of sp³-hybridized carbons (Fsp3) is 0.370. The Bertz CT molecular complexity index is 845. The Morgan fingerprint density at radius 2 is 1.07 bits per heavy atom. The number of benzene rings is 2. The van der Waals surface area contributed by atoms with E-state index in [-0.39, 0.29) is 0 Å². The monoisotopic (exact) mass is 394 g/mol. The second-order valence-electron chi connectivity index (χ2n) is 4.82. The highest BCUT2D eigenvalue weighted by Gasteiger charge is 2.10. The molecule has 0 saturated carbocycles. The quantitative estimate of drug-likeness (QED) is 0.448. The highest BCUT2D eigenvalue weighted by molar-refractivity contribution is 5.59. The van der Waals surface area contributed by atoms with E-state index >= 15 is 0 Å². The molecule has 0 N–H and O–H groups in total. The molecule has 3 rings (SSSR count). The average molecular weight is 395 g/mol. The normalized spacial score (nSPS) is 10.1. The summed E-state index contributed by atoms with van der Waals surface area (Å²) in [6.45, 7) is 20.1. The van der Waals surface area contributed by atoms with E-state index in [1.165, 1.54) is 0 Å². The molecule has 3 aromatic rings. The van der Waals surface area contributed by atoms with E-state index in [4.69, 9.17) is 4.98 Å². The van der Waals surface area contributed by atoms with Gasteiger partial charge in [0.05, 0.1) is 10.7 Å². The van der Waals surface area contributed by atoms with Crippen LogP contribution in [0.25, 0.3) is 29.2 Å². The molecule has 2 heteroatoms. The van der Waals surface area contributed by atoms with Gasteiger partial charge in [0.15, 0.2) is 0 Å². The highest BCUT2D eigenvalue weighted by atomic mass is 15.1. The highest BCUT2D eigenvalue weighted by Crippen LogP contribution is 2.17. The first-order chi connectivity index (χ1) is 14.3. The van der Waals surface area contributed by atoms with Crippen LogP contribution in [0, 0.1) is 0 Å². The van der Waals surface area contributed by atoms with E-state index < -0.39 is 0 Å². The molecule has 0 aliphatic heterocycles. The fourth-order valence-electron chi connectivity index (χ4n) is 2.56. The fourth-order valence-corrected chi connectivity index (χ4v) is 2.56. The molecule has 2 aromatic carbocycles. The van der Waals surface area contributed by atoms with Gasteiger partial charge in [-0.25, -0.2) is 4.98 Å². The van der Waals surface area contributed by atoms with Crippen molar-refractivity contribution in [1.82, 2.24) is 9.55 Å². The molecule has 0 aliphatic carbocycles. The standard InChI is InChI=1S/C19H18N2.4C2H6/c1-3-17-18(4-2)21(16-13-9-6-10-14-16)19(20-17)15-11-7-5-8-12-15;4*1-2/h3-14H,1-2H3;4*1-2H3/b17-3+,18-4+;;;;. The van der Waals surface area contributed by atoms with Crippen molar-refractivity contribution in [3.8, 4) is 17.1 Å². The lowest BCUT2D eigenvalue weighted by atomic mass is 10.2. The number of nitrogens with zero attached hydrogens (tertiary/aromatic N) is 2. The van der Waals surface area contributed by atoms with Crippen LogP contribution >= 0.6 is 0 Å². The van der Waals surface area contributed by atoms with Gasteiger partial charge in [0, 0.05) is 11.3 Å². The minimum atomic E-state index is 0.975. The number of para-hydroxylation sites is 1. The maximum absolute atomic E-state index is 4.82. The lowest BCUT2D eigenvalue weighted by Crippen LogP contribution is -2.28. The molecular weight excluding hydrogens is 352 g/mol. The van der Waals surface area contributed by atoms with Crippen LogP contribution < -0.4 is 10.7 Å². The third-order valence-corrected chi connectivity index (χ3v) is 3.53. The van der Waals surface area contributed by atoms with Crippen molar-refractivity contribution in [1.29, 1.82) is 0 Å². The third-order valence-electron chi connectivity index (χ3n) is 3.53. The number of aromatic nitrogens is 2. The Balaban J connectivity index is 0. The largest absolute Gasteiger partial charge is 0.293 e. The van der Waals surface area contributed by atoms with Gasteiger partial charge in [-0.3, -0.25) is 4.57 Å². The van der Waals surface area contributed by atoms with E-state index in [2.05, 4.69) is 60.0 Å². The van der Waals surface area contributed by atoms with Crippen molar-refractivity contribution in [3.63, 3.8) is 0 Å². The Morgan fingerprint density at radius 3 is 1.48 bits per heavy atom. The van der Waals surface area contributed by atoms with Crippen molar-refractivity contribution in [3.05, 3.63) is 71.4 Å². The Hall–Kier alpha value is -2.61. The van der Waals surface area contributed by atoms with Gasteiger partial charge in [-0.1, -0.05) is 116 Å². The van der Waals surface area contributed by atoms with Crippen LogP contribution in [0.3, 0.4) is 0 Å². The van der Waals surface area contributed by atoms with Gasteiger partial charge in [-0.05, 0) is 26.0 Å². The van der Waals surface area contributed by atoms with Crippen LogP contribution in [-0.2, 0) is 0 Å². The van der Waals surface area contributed by atoms with E-state index in [1.54, 1.807) is 0 Å². The van der Waals surface area contributed by atoms with Crippen molar-refractivity contribution < 1.29 is 0 Å². The first-order valence-electron chi connectivity index (χ1n) is 11.2. The van der Waals surface area contributed by atoms with E-state index in [9.17, 15) is 0 Å². The minimum Gasteiger partial charge on any atom is -0.293 e. The molecule has 1 aromatic heterocycles. The van der Waals surface area contributed by atoms with Gasteiger partial charge in [0.1, 0.15) is 5.82 Å². The summed E-state index contributed by atoms with van der Waals surface area (Å²) in [6.07, 6.45) is 4.17. The summed E-state index contributed by atoms with van der Waals surface area (Å²) in [5.41, 5.74) is 2.25. The zero-order valence-electron chi connectivity index (χ0n) is 20.3. The van der Waals surface area contributed by atoms with Crippen LogP contribution in [0.2, 0.25) is 0 Å². The number of imidazole rings is 1. The van der Waals surface area contributed by atoms with Gasteiger partial charge >= 0.3 is 0 Å². The number of rotatable bonds is 2. The van der Waals surface area contributed by atoms with Gasteiger partial charge in [-0.2, -0.15) is 0 Å². The predicted octanol–water partition coefficient (Wildman–Crippen LogP) is 7.24.